The molecule has 0 rings (SSSR count). The van der Waals surface area contributed by atoms with Crippen LogP contribution >= 0.6 is 0 Å². The molecule has 0 fully saturated rings. The number of hydrogen-bond acceptors (Lipinski definition) is 2. The van der Waals surface area contributed by atoms with Crippen molar-refractivity contribution in [1.82, 2.24) is 10.2 Å². The topological polar surface area (TPSA) is 69.6 Å². The Morgan fingerprint density at radius 2 is 1.89 bits per heavy atom. The number of nitrogens with one attached hydrogen (secondary N) is 1. The zero-order valence-electron chi connectivity index (χ0n) is 11.9. The van der Waals surface area contributed by atoms with Crippen molar-refractivity contribution in [3.8, 4) is 0 Å². The molecule has 0 aliphatic heterocycles. The lowest BCUT2D eigenvalue weighted by atomic mass is 9.99. The molecule has 0 bridgehead atoms. The minimum absolute atomic E-state index is 0.0728. The van der Waals surface area contributed by atoms with Crippen molar-refractivity contribution in [2.45, 2.75) is 53.0 Å². The molecule has 5 heteroatoms. The van der Waals surface area contributed by atoms with Gasteiger partial charge in [0.2, 0.25) is 0 Å². The average Bonchev–Trinajstić information content (AvgIpc) is 2.35. The van der Waals surface area contributed by atoms with Gasteiger partial charge in [0.05, 0.1) is 0 Å². The van der Waals surface area contributed by atoms with Gasteiger partial charge in [0.25, 0.3) is 0 Å². The van der Waals surface area contributed by atoms with E-state index in [9.17, 15) is 9.59 Å². The predicted molar refractivity (Wildman–Crippen MR) is 71.6 cm³/mol. The summed E-state index contributed by atoms with van der Waals surface area (Å²) in [6.07, 6.45) is 2.66. The molecule has 0 aliphatic carbocycles. The van der Waals surface area contributed by atoms with Gasteiger partial charge in [-0.25, -0.2) is 9.59 Å². The Kier molecular flexibility index (Phi) is 8.16. The molecule has 2 unspecified atom stereocenters. The number of aliphatic carboxylic acids is 1. The molecule has 5 nitrogen and oxygen atoms in total. The van der Waals surface area contributed by atoms with Gasteiger partial charge in [0, 0.05) is 13.1 Å². The van der Waals surface area contributed by atoms with E-state index in [-0.39, 0.29) is 11.9 Å². The molecule has 2 amide bonds. The third-order valence-corrected chi connectivity index (χ3v) is 3.21. The first-order valence-electron chi connectivity index (χ1n) is 6.76. The summed E-state index contributed by atoms with van der Waals surface area (Å²) in [6.45, 7) is 8.98. The molecule has 0 aromatic heterocycles. The number of rotatable bonds is 8. The first-order chi connectivity index (χ1) is 8.47. The van der Waals surface area contributed by atoms with Crippen LogP contribution < -0.4 is 5.32 Å². The molecule has 2 atom stereocenters. The highest BCUT2D eigenvalue weighted by Gasteiger charge is 2.26. The smallest absolute Gasteiger partial charge is 0.326 e. The van der Waals surface area contributed by atoms with E-state index in [0.717, 1.165) is 19.3 Å². The lowest BCUT2D eigenvalue weighted by Gasteiger charge is -2.26. The van der Waals surface area contributed by atoms with Crippen LogP contribution in [-0.2, 0) is 4.79 Å². The quantitative estimate of drug-likeness (QED) is 0.702. The summed E-state index contributed by atoms with van der Waals surface area (Å²) in [7, 11) is 0. The van der Waals surface area contributed by atoms with Crippen LogP contribution in [0.3, 0.4) is 0 Å². The maximum absolute atomic E-state index is 12.0. The van der Waals surface area contributed by atoms with Gasteiger partial charge >= 0.3 is 12.0 Å². The number of unbranched alkanes of at least 4 members (excludes halogenated alkanes) is 1. The normalized spacial score (nSPS) is 13.8. The number of carbonyl (C=O) groups is 2. The molecular formula is C13H26N2O3. The molecule has 0 radical (unpaired) electrons. The summed E-state index contributed by atoms with van der Waals surface area (Å²) in [4.78, 5) is 24.7. The van der Waals surface area contributed by atoms with Crippen LogP contribution in [0.4, 0.5) is 4.79 Å². The Balaban J connectivity index is 4.51. The Morgan fingerprint density at radius 3 is 2.28 bits per heavy atom. The summed E-state index contributed by atoms with van der Waals surface area (Å²) in [5.74, 6) is -1.04. The first kappa shape index (κ1) is 16.7. The number of nitrogens with zero attached hydrogens (tertiary/aromatic N) is 1. The molecular weight excluding hydrogens is 232 g/mol. The molecule has 106 valence electrons. The number of carboxylic acid groups (broad SMARTS) is 1. The highest BCUT2D eigenvalue weighted by molar-refractivity contribution is 5.82. The third kappa shape index (κ3) is 5.38. The van der Waals surface area contributed by atoms with Crippen molar-refractivity contribution < 1.29 is 14.7 Å². The zero-order valence-corrected chi connectivity index (χ0v) is 11.9. The second-order valence-electron chi connectivity index (χ2n) is 4.58. The molecule has 0 aromatic carbocycles. The number of carboxylic acids is 1. The van der Waals surface area contributed by atoms with Crippen molar-refractivity contribution in [1.29, 1.82) is 0 Å². The van der Waals surface area contributed by atoms with Crippen molar-refractivity contribution in [3.05, 3.63) is 0 Å². The fraction of sp³-hybridized carbons (Fsp3) is 0.846. The Bertz CT molecular complexity index is 269. The van der Waals surface area contributed by atoms with Crippen LogP contribution in [0, 0.1) is 5.92 Å². The van der Waals surface area contributed by atoms with E-state index in [4.69, 9.17) is 5.11 Å². The standard InChI is InChI=1S/C13H26N2O3/c1-5-8-9-15(7-3)13(18)14-11(12(16)17)10(4)6-2/h10-11H,5-9H2,1-4H3,(H,14,18)(H,16,17). The minimum Gasteiger partial charge on any atom is -0.480 e. The predicted octanol–water partition coefficient (Wildman–Crippen LogP) is 2.32. The van der Waals surface area contributed by atoms with Crippen LogP contribution in [0.5, 0.6) is 0 Å². The molecule has 0 saturated heterocycles. The van der Waals surface area contributed by atoms with Crippen molar-refractivity contribution >= 4 is 12.0 Å². The van der Waals surface area contributed by atoms with Gasteiger partial charge in [-0.15, -0.1) is 0 Å². The second kappa shape index (κ2) is 8.78. The van der Waals surface area contributed by atoms with Crippen LogP contribution in [0.25, 0.3) is 0 Å². The summed E-state index contributed by atoms with van der Waals surface area (Å²) < 4.78 is 0. The Hall–Kier alpha value is -1.26. The summed E-state index contributed by atoms with van der Waals surface area (Å²) in [6, 6.07) is -1.09. The SMILES string of the molecule is CCCCN(CC)C(=O)NC(C(=O)O)C(C)CC. The lowest BCUT2D eigenvalue weighted by molar-refractivity contribution is -0.140. The summed E-state index contributed by atoms with van der Waals surface area (Å²) >= 11 is 0. The first-order valence-corrected chi connectivity index (χ1v) is 6.76. The maximum atomic E-state index is 12.0. The van der Waals surface area contributed by atoms with Gasteiger partial charge in [-0.3, -0.25) is 0 Å². The minimum atomic E-state index is -0.968. The van der Waals surface area contributed by atoms with Crippen LogP contribution in [0.1, 0.15) is 47.0 Å². The fourth-order valence-corrected chi connectivity index (χ4v) is 1.66. The molecule has 18 heavy (non-hydrogen) atoms. The monoisotopic (exact) mass is 258 g/mol. The van der Waals surface area contributed by atoms with Crippen molar-refractivity contribution in [2.75, 3.05) is 13.1 Å². The zero-order chi connectivity index (χ0) is 14.1. The van der Waals surface area contributed by atoms with Crippen molar-refractivity contribution in [3.63, 3.8) is 0 Å². The molecule has 0 aromatic rings. The number of amides is 2. The van der Waals surface area contributed by atoms with Gasteiger partial charge in [-0.2, -0.15) is 0 Å². The van der Waals surface area contributed by atoms with Crippen molar-refractivity contribution in [2.24, 2.45) is 5.92 Å². The summed E-state index contributed by atoms with van der Waals surface area (Å²) in [5.41, 5.74) is 0. The highest BCUT2D eigenvalue weighted by atomic mass is 16.4. The van der Waals surface area contributed by atoms with Gasteiger partial charge in [0.15, 0.2) is 0 Å². The lowest BCUT2D eigenvalue weighted by Crippen LogP contribution is -2.50. The van der Waals surface area contributed by atoms with Crippen LogP contribution in [0.15, 0.2) is 0 Å². The van der Waals surface area contributed by atoms with Gasteiger partial charge in [-0.1, -0.05) is 33.6 Å². The largest absolute Gasteiger partial charge is 0.480 e. The van der Waals surface area contributed by atoms with E-state index < -0.39 is 12.0 Å². The second-order valence-corrected chi connectivity index (χ2v) is 4.58. The van der Waals surface area contributed by atoms with E-state index in [1.54, 1.807) is 4.90 Å². The average molecular weight is 258 g/mol. The third-order valence-electron chi connectivity index (χ3n) is 3.21. The Morgan fingerprint density at radius 1 is 1.28 bits per heavy atom. The Labute approximate surface area is 110 Å². The van der Waals surface area contributed by atoms with E-state index in [1.165, 1.54) is 0 Å². The van der Waals surface area contributed by atoms with Gasteiger partial charge in [-0.05, 0) is 19.3 Å². The highest BCUT2D eigenvalue weighted by Crippen LogP contribution is 2.08. The molecule has 0 aliphatic rings. The van der Waals surface area contributed by atoms with E-state index in [1.807, 2.05) is 20.8 Å². The van der Waals surface area contributed by atoms with E-state index >= 15 is 0 Å². The number of urea groups is 1. The summed E-state index contributed by atoms with van der Waals surface area (Å²) in [5, 5.41) is 11.7. The van der Waals surface area contributed by atoms with Crippen LogP contribution in [-0.4, -0.2) is 41.1 Å². The van der Waals surface area contributed by atoms with Crippen LogP contribution in [0.2, 0.25) is 0 Å². The van der Waals surface area contributed by atoms with Gasteiger partial charge in [0.1, 0.15) is 6.04 Å². The molecule has 0 saturated carbocycles. The number of hydrogen-bond donors (Lipinski definition) is 2. The maximum Gasteiger partial charge on any atom is 0.326 e. The fourth-order valence-electron chi connectivity index (χ4n) is 1.66. The molecule has 2 N–H and O–H groups in total. The molecule has 0 heterocycles. The van der Waals surface area contributed by atoms with E-state index in [2.05, 4.69) is 12.2 Å². The number of carbonyl (C=O) groups excluding carboxylic acids is 1. The van der Waals surface area contributed by atoms with E-state index in [0.29, 0.717) is 13.1 Å². The molecule has 0 spiro atoms. The van der Waals surface area contributed by atoms with Gasteiger partial charge < -0.3 is 15.3 Å².